The molecule has 0 aromatic carbocycles. The molecule has 13 heavy (non-hydrogen) atoms. The number of primary amides is 1. The second-order valence-electron chi connectivity index (χ2n) is 2.80. The van der Waals surface area contributed by atoms with E-state index in [1.165, 1.54) is 4.68 Å². The molecule has 0 saturated heterocycles. The van der Waals surface area contributed by atoms with Crippen molar-refractivity contribution in [3.63, 3.8) is 0 Å². The number of aromatic nitrogens is 3. The number of amides is 1. The van der Waals surface area contributed by atoms with E-state index in [-0.39, 0.29) is 12.3 Å². The van der Waals surface area contributed by atoms with E-state index in [1.54, 1.807) is 13.1 Å². The maximum absolute atomic E-state index is 10.4. The van der Waals surface area contributed by atoms with Gasteiger partial charge in [0.2, 0.25) is 5.91 Å². The van der Waals surface area contributed by atoms with Gasteiger partial charge in [0, 0.05) is 6.42 Å². The molecule has 0 radical (unpaired) electrons. The van der Waals surface area contributed by atoms with Gasteiger partial charge in [-0.2, -0.15) is 0 Å². The third-order valence-electron chi connectivity index (χ3n) is 1.57. The normalized spacial score (nSPS) is 12.8. The van der Waals surface area contributed by atoms with Gasteiger partial charge < -0.3 is 10.8 Å². The smallest absolute Gasteiger partial charge is 0.219 e. The lowest BCUT2D eigenvalue weighted by Crippen LogP contribution is -2.14. The van der Waals surface area contributed by atoms with Crippen molar-refractivity contribution in [1.29, 1.82) is 0 Å². The fraction of sp³-hybridized carbons (Fsp3) is 0.571. The molecule has 6 nitrogen and oxygen atoms in total. The molecule has 0 aliphatic rings. The Bertz CT molecular complexity index is 294. The van der Waals surface area contributed by atoms with Crippen molar-refractivity contribution < 1.29 is 9.90 Å². The van der Waals surface area contributed by atoms with Gasteiger partial charge in [0.25, 0.3) is 0 Å². The molecular weight excluding hydrogens is 172 g/mol. The minimum atomic E-state index is -0.637. The Labute approximate surface area is 75.3 Å². The SMILES string of the molecule is CC(O)c1cn(CCC(N)=O)nn1. The number of nitrogens with zero attached hydrogens (tertiary/aromatic N) is 3. The number of rotatable bonds is 4. The van der Waals surface area contributed by atoms with E-state index in [1.807, 2.05) is 0 Å². The van der Waals surface area contributed by atoms with Crippen LogP contribution in [0.25, 0.3) is 0 Å². The zero-order chi connectivity index (χ0) is 9.84. The molecule has 1 aromatic heterocycles. The number of nitrogens with two attached hydrogens (primary N) is 1. The Kier molecular flexibility index (Phi) is 2.97. The monoisotopic (exact) mass is 184 g/mol. The molecule has 1 amide bonds. The Hall–Kier alpha value is -1.43. The van der Waals surface area contributed by atoms with E-state index in [0.717, 1.165) is 0 Å². The van der Waals surface area contributed by atoms with Crippen molar-refractivity contribution in [2.24, 2.45) is 5.73 Å². The average Bonchev–Trinajstić information content (AvgIpc) is 2.48. The third-order valence-corrected chi connectivity index (χ3v) is 1.57. The lowest BCUT2D eigenvalue weighted by molar-refractivity contribution is -0.118. The van der Waals surface area contributed by atoms with Gasteiger partial charge in [-0.1, -0.05) is 5.21 Å². The Morgan fingerprint density at radius 3 is 3.00 bits per heavy atom. The number of carbonyl (C=O) groups excluding carboxylic acids is 1. The average molecular weight is 184 g/mol. The first-order valence-electron chi connectivity index (χ1n) is 3.96. The Balaban J connectivity index is 2.54. The summed E-state index contributed by atoms with van der Waals surface area (Å²) < 4.78 is 1.48. The van der Waals surface area contributed by atoms with Crippen LogP contribution in [0.4, 0.5) is 0 Å². The summed E-state index contributed by atoms with van der Waals surface area (Å²) in [7, 11) is 0. The minimum Gasteiger partial charge on any atom is -0.387 e. The van der Waals surface area contributed by atoms with Crippen LogP contribution >= 0.6 is 0 Å². The number of hydrogen-bond acceptors (Lipinski definition) is 4. The summed E-state index contributed by atoms with van der Waals surface area (Å²) in [4.78, 5) is 10.4. The number of aryl methyl sites for hydroxylation is 1. The van der Waals surface area contributed by atoms with Crippen LogP contribution in [0.2, 0.25) is 0 Å². The Morgan fingerprint density at radius 2 is 2.54 bits per heavy atom. The standard InChI is InChI=1S/C7H12N4O2/c1-5(12)6-4-11(10-9-6)3-2-7(8)13/h4-5,12H,2-3H2,1H3,(H2,8,13). The molecule has 72 valence electrons. The van der Waals surface area contributed by atoms with E-state index in [9.17, 15) is 4.79 Å². The largest absolute Gasteiger partial charge is 0.387 e. The van der Waals surface area contributed by atoms with Crippen LogP contribution in [-0.4, -0.2) is 26.0 Å². The van der Waals surface area contributed by atoms with E-state index >= 15 is 0 Å². The molecule has 1 heterocycles. The van der Waals surface area contributed by atoms with Crippen molar-refractivity contribution in [3.8, 4) is 0 Å². The zero-order valence-electron chi connectivity index (χ0n) is 7.34. The van der Waals surface area contributed by atoms with Crippen LogP contribution < -0.4 is 5.73 Å². The van der Waals surface area contributed by atoms with E-state index in [0.29, 0.717) is 12.2 Å². The highest BCUT2D eigenvalue weighted by molar-refractivity contribution is 5.73. The lowest BCUT2D eigenvalue weighted by Gasteiger charge is -1.96. The number of aliphatic hydroxyl groups excluding tert-OH is 1. The topological polar surface area (TPSA) is 94.0 Å². The maximum atomic E-state index is 10.4. The van der Waals surface area contributed by atoms with Crippen LogP contribution in [0.3, 0.4) is 0 Å². The molecule has 3 N–H and O–H groups in total. The van der Waals surface area contributed by atoms with E-state index < -0.39 is 6.10 Å². The molecular formula is C7H12N4O2. The maximum Gasteiger partial charge on any atom is 0.219 e. The van der Waals surface area contributed by atoms with Crippen LogP contribution in [0.15, 0.2) is 6.20 Å². The molecule has 0 spiro atoms. The molecule has 1 aromatic rings. The fourth-order valence-electron chi connectivity index (χ4n) is 0.839. The van der Waals surface area contributed by atoms with Gasteiger partial charge in [0.1, 0.15) is 5.69 Å². The summed E-state index contributed by atoms with van der Waals surface area (Å²) in [5, 5.41) is 16.5. The van der Waals surface area contributed by atoms with Gasteiger partial charge >= 0.3 is 0 Å². The molecule has 1 unspecified atom stereocenters. The zero-order valence-corrected chi connectivity index (χ0v) is 7.34. The molecule has 0 aliphatic carbocycles. The summed E-state index contributed by atoms with van der Waals surface area (Å²) in [6.07, 6.45) is 1.18. The molecule has 0 saturated carbocycles. The van der Waals surface area contributed by atoms with E-state index in [4.69, 9.17) is 10.8 Å². The summed E-state index contributed by atoms with van der Waals surface area (Å²) in [6, 6.07) is 0. The minimum absolute atomic E-state index is 0.225. The van der Waals surface area contributed by atoms with Crippen molar-refractivity contribution in [2.45, 2.75) is 26.0 Å². The summed E-state index contributed by atoms with van der Waals surface area (Å²) in [5.41, 5.74) is 5.45. The van der Waals surface area contributed by atoms with Gasteiger partial charge in [-0.05, 0) is 6.92 Å². The lowest BCUT2D eigenvalue weighted by atomic mass is 10.3. The van der Waals surface area contributed by atoms with Gasteiger partial charge in [0.15, 0.2) is 0 Å². The summed E-state index contributed by atoms with van der Waals surface area (Å²) >= 11 is 0. The van der Waals surface area contributed by atoms with Gasteiger partial charge in [-0.3, -0.25) is 9.48 Å². The molecule has 0 aliphatic heterocycles. The highest BCUT2D eigenvalue weighted by Crippen LogP contribution is 2.06. The molecule has 6 heteroatoms. The second kappa shape index (κ2) is 3.99. The quantitative estimate of drug-likeness (QED) is 0.641. The highest BCUT2D eigenvalue weighted by atomic mass is 16.3. The van der Waals surface area contributed by atoms with Crippen LogP contribution in [-0.2, 0) is 11.3 Å². The van der Waals surface area contributed by atoms with Crippen molar-refractivity contribution >= 4 is 5.91 Å². The van der Waals surface area contributed by atoms with Crippen molar-refractivity contribution in [3.05, 3.63) is 11.9 Å². The van der Waals surface area contributed by atoms with Crippen molar-refractivity contribution in [2.75, 3.05) is 0 Å². The number of carbonyl (C=O) groups is 1. The Morgan fingerprint density at radius 1 is 1.85 bits per heavy atom. The number of hydrogen-bond donors (Lipinski definition) is 2. The first kappa shape index (κ1) is 9.66. The van der Waals surface area contributed by atoms with Crippen molar-refractivity contribution in [1.82, 2.24) is 15.0 Å². The van der Waals surface area contributed by atoms with Gasteiger partial charge in [-0.15, -0.1) is 5.10 Å². The first-order valence-corrected chi connectivity index (χ1v) is 3.96. The third kappa shape index (κ3) is 2.83. The predicted molar refractivity (Wildman–Crippen MR) is 44.5 cm³/mol. The number of aliphatic hydroxyl groups is 1. The molecule has 0 bridgehead atoms. The second-order valence-corrected chi connectivity index (χ2v) is 2.80. The fourth-order valence-corrected chi connectivity index (χ4v) is 0.839. The molecule has 1 atom stereocenters. The van der Waals surface area contributed by atoms with Gasteiger partial charge in [-0.25, -0.2) is 0 Å². The predicted octanol–water partition coefficient (Wildman–Crippen LogP) is -0.793. The summed E-state index contributed by atoms with van der Waals surface area (Å²) in [6.45, 7) is 2.00. The first-order chi connectivity index (χ1) is 6.09. The van der Waals surface area contributed by atoms with Crippen LogP contribution in [0.5, 0.6) is 0 Å². The molecule has 1 rings (SSSR count). The van der Waals surface area contributed by atoms with Gasteiger partial charge in [0.05, 0.1) is 18.8 Å². The van der Waals surface area contributed by atoms with Crippen LogP contribution in [0, 0.1) is 0 Å². The molecule has 0 fully saturated rings. The van der Waals surface area contributed by atoms with E-state index in [2.05, 4.69) is 10.3 Å². The van der Waals surface area contributed by atoms with Crippen LogP contribution in [0.1, 0.15) is 25.1 Å². The summed E-state index contributed by atoms with van der Waals surface area (Å²) in [5.74, 6) is -0.380. The highest BCUT2D eigenvalue weighted by Gasteiger charge is 2.06.